The summed E-state index contributed by atoms with van der Waals surface area (Å²) in [7, 11) is 0. The fraction of sp³-hybridized carbons (Fsp3) is 0.684. The third kappa shape index (κ3) is 3.60. The predicted molar refractivity (Wildman–Crippen MR) is 87.3 cm³/mol. The highest BCUT2D eigenvalue weighted by Gasteiger charge is 2.39. The summed E-state index contributed by atoms with van der Waals surface area (Å²) < 4.78 is 5.71. The van der Waals surface area contributed by atoms with Gasteiger partial charge in [0.25, 0.3) is 0 Å². The molecule has 1 aromatic rings. The van der Waals surface area contributed by atoms with E-state index in [9.17, 15) is 0 Å². The fourth-order valence-electron chi connectivity index (χ4n) is 4.27. The summed E-state index contributed by atoms with van der Waals surface area (Å²) in [5.41, 5.74) is 7.70. The molecule has 0 amide bonds. The van der Waals surface area contributed by atoms with Crippen molar-refractivity contribution in [1.29, 1.82) is 0 Å². The molecule has 2 heteroatoms. The van der Waals surface area contributed by atoms with Crippen molar-refractivity contribution in [2.75, 3.05) is 6.61 Å². The number of fused-ring (bicyclic) bond motifs is 2. The highest BCUT2D eigenvalue weighted by molar-refractivity contribution is 5.29. The molecule has 0 heterocycles. The monoisotopic (exact) mass is 287 g/mol. The summed E-state index contributed by atoms with van der Waals surface area (Å²) in [6.07, 6.45) is 9.28. The van der Waals surface area contributed by atoms with Crippen LogP contribution in [-0.2, 0) is 0 Å². The second-order valence-corrected chi connectivity index (χ2v) is 7.05. The van der Waals surface area contributed by atoms with Gasteiger partial charge in [-0.05, 0) is 67.6 Å². The Kier molecular flexibility index (Phi) is 4.84. The molecule has 21 heavy (non-hydrogen) atoms. The molecule has 2 N–H and O–H groups in total. The van der Waals surface area contributed by atoms with Crippen LogP contribution < -0.4 is 10.5 Å². The molecule has 1 aromatic carbocycles. The quantitative estimate of drug-likeness (QED) is 0.738. The number of ether oxygens (including phenoxy) is 1. The van der Waals surface area contributed by atoms with Crippen LogP contribution in [-0.4, -0.2) is 6.61 Å². The van der Waals surface area contributed by atoms with Crippen LogP contribution in [0.5, 0.6) is 5.75 Å². The fourth-order valence-corrected chi connectivity index (χ4v) is 4.27. The Morgan fingerprint density at radius 3 is 2.62 bits per heavy atom. The maximum atomic E-state index is 6.44. The van der Waals surface area contributed by atoms with Gasteiger partial charge in [0.15, 0.2) is 0 Å². The van der Waals surface area contributed by atoms with Gasteiger partial charge in [0.05, 0.1) is 6.61 Å². The van der Waals surface area contributed by atoms with Gasteiger partial charge < -0.3 is 10.5 Å². The molecule has 0 aliphatic heterocycles. The molecule has 116 valence electrons. The molecule has 2 aliphatic rings. The molecule has 3 rings (SSSR count). The standard InChI is InChI=1S/C19H29NO/c1-2-3-10-21-18-8-6-15(7-9-18)19(20)13-17-12-14-4-5-16(17)11-14/h6-9,14,16-17,19H,2-5,10-13,20H2,1H3. The first-order chi connectivity index (χ1) is 10.3. The van der Waals surface area contributed by atoms with Crippen LogP contribution in [0, 0.1) is 17.8 Å². The Morgan fingerprint density at radius 1 is 1.19 bits per heavy atom. The first-order valence-corrected chi connectivity index (χ1v) is 8.74. The van der Waals surface area contributed by atoms with Crippen LogP contribution in [0.4, 0.5) is 0 Å². The lowest BCUT2D eigenvalue weighted by atomic mass is 9.83. The van der Waals surface area contributed by atoms with Crippen LogP contribution in [0.3, 0.4) is 0 Å². The van der Waals surface area contributed by atoms with Crippen LogP contribution in [0.25, 0.3) is 0 Å². The van der Waals surface area contributed by atoms with Crippen molar-refractivity contribution in [2.24, 2.45) is 23.5 Å². The Morgan fingerprint density at radius 2 is 2.00 bits per heavy atom. The molecule has 2 fully saturated rings. The lowest BCUT2D eigenvalue weighted by Crippen LogP contribution is -2.19. The summed E-state index contributed by atoms with van der Waals surface area (Å²) in [5.74, 6) is 3.83. The van der Waals surface area contributed by atoms with Gasteiger partial charge in [-0.3, -0.25) is 0 Å². The van der Waals surface area contributed by atoms with E-state index >= 15 is 0 Å². The second-order valence-electron chi connectivity index (χ2n) is 7.05. The smallest absolute Gasteiger partial charge is 0.119 e. The molecular formula is C19H29NO. The van der Waals surface area contributed by atoms with Crippen molar-refractivity contribution < 1.29 is 4.74 Å². The van der Waals surface area contributed by atoms with Crippen molar-refractivity contribution in [2.45, 2.75) is 57.9 Å². The molecule has 2 nitrogen and oxygen atoms in total. The minimum absolute atomic E-state index is 0.194. The van der Waals surface area contributed by atoms with Gasteiger partial charge in [-0.1, -0.05) is 31.9 Å². The molecule has 4 unspecified atom stereocenters. The minimum Gasteiger partial charge on any atom is -0.494 e. The van der Waals surface area contributed by atoms with Crippen LogP contribution >= 0.6 is 0 Å². The van der Waals surface area contributed by atoms with Crippen molar-refractivity contribution in [3.8, 4) is 5.75 Å². The van der Waals surface area contributed by atoms with E-state index in [4.69, 9.17) is 10.5 Å². The Hall–Kier alpha value is -1.02. The van der Waals surface area contributed by atoms with E-state index in [-0.39, 0.29) is 6.04 Å². The maximum Gasteiger partial charge on any atom is 0.119 e. The third-order valence-electron chi connectivity index (χ3n) is 5.52. The molecule has 2 bridgehead atoms. The molecule has 0 saturated heterocycles. The number of benzene rings is 1. The van der Waals surface area contributed by atoms with Gasteiger partial charge in [0, 0.05) is 6.04 Å². The summed E-state index contributed by atoms with van der Waals surface area (Å²) in [5, 5.41) is 0. The van der Waals surface area contributed by atoms with Gasteiger partial charge in [0.2, 0.25) is 0 Å². The highest BCUT2D eigenvalue weighted by Crippen LogP contribution is 2.50. The van der Waals surface area contributed by atoms with Gasteiger partial charge in [-0.15, -0.1) is 0 Å². The van der Waals surface area contributed by atoms with Crippen LogP contribution in [0.2, 0.25) is 0 Å². The molecule has 0 radical (unpaired) electrons. The summed E-state index contributed by atoms with van der Waals surface area (Å²) in [6.45, 7) is 2.99. The third-order valence-corrected chi connectivity index (χ3v) is 5.52. The van der Waals surface area contributed by atoms with Gasteiger partial charge in [0.1, 0.15) is 5.75 Å². The SMILES string of the molecule is CCCCOc1ccc(C(N)CC2CC3CCC2C3)cc1. The molecule has 4 atom stereocenters. The Balaban J connectivity index is 1.51. The van der Waals surface area contributed by atoms with E-state index in [1.165, 1.54) is 37.7 Å². The van der Waals surface area contributed by atoms with E-state index in [0.29, 0.717) is 0 Å². The Labute approximate surface area is 129 Å². The van der Waals surface area contributed by atoms with E-state index in [2.05, 4.69) is 31.2 Å². The average Bonchev–Trinajstić information content (AvgIpc) is 3.11. The minimum atomic E-state index is 0.194. The second kappa shape index (κ2) is 6.83. The first kappa shape index (κ1) is 14.9. The average molecular weight is 287 g/mol. The van der Waals surface area contributed by atoms with Crippen LogP contribution in [0.15, 0.2) is 24.3 Å². The van der Waals surface area contributed by atoms with Gasteiger partial charge in [-0.2, -0.15) is 0 Å². The van der Waals surface area contributed by atoms with Crippen molar-refractivity contribution in [1.82, 2.24) is 0 Å². The zero-order valence-electron chi connectivity index (χ0n) is 13.3. The maximum absolute atomic E-state index is 6.44. The lowest BCUT2D eigenvalue weighted by Gasteiger charge is -2.25. The molecule has 0 spiro atoms. The number of hydrogen-bond acceptors (Lipinski definition) is 2. The van der Waals surface area contributed by atoms with Crippen LogP contribution in [0.1, 0.15) is 63.5 Å². The van der Waals surface area contributed by atoms with E-state index in [1.54, 1.807) is 0 Å². The zero-order valence-corrected chi connectivity index (χ0v) is 13.3. The Bertz CT molecular complexity index is 441. The number of rotatable bonds is 7. The van der Waals surface area contributed by atoms with Gasteiger partial charge >= 0.3 is 0 Å². The first-order valence-electron chi connectivity index (χ1n) is 8.74. The topological polar surface area (TPSA) is 35.2 Å². The molecule has 0 aromatic heterocycles. The van der Waals surface area contributed by atoms with E-state index in [1.807, 2.05) is 0 Å². The number of unbranched alkanes of at least 4 members (excludes halogenated alkanes) is 1. The number of hydrogen-bond donors (Lipinski definition) is 1. The van der Waals surface area contributed by atoms with Crippen molar-refractivity contribution in [3.63, 3.8) is 0 Å². The summed E-state index contributed by atoms with van der Waals surface area (Å²) in [4.78, 5) is 0. The largest absolute Gasteiger partial charge is 0.494 e. The normalized spacial score (nSPS) is 28.8. The van der Waals surface area contributed by atoms with E-state index < -0.39 is 0 Å². The van der Waals surface area contributed by atoms with Crippen molar-refractivity contribution in [3.05, 3.63) is 29.8 Å². The molecule has 2 aliphatic carbocycles. The number of nitrogens with two attached hydrogens (primary N) is 1. The van der Waals surface area contributed by atoms with Gasteiger partial charge in [-0.25, -0.2) is 0 Å². The lowest BCUT2D eigenvalue weighted by molar-refractivity contribution is 0.295. The summed E-state index contributed by atoms with van der Waals surface area (Å²) >= 11 is 0. The predicted octanol–water partition coefficient (Wildman–Crippen LogP) is 4.69. The highest BCUT2D eigenvalue weighted by atomic mass is 16.5. The summed E-state index contributed by atoms with van der Waals surface area (Å²) in [6, 6.07) is 8.65. The molecule has 2 saturated carbocycles. The van der Waals surface area contributed by atoms with E-state index in [0.717, 1.165) is 43.0 Å². The van der Waals surface area contributed by atoms with Crippen molar-refractivity contribution >= 4 is 0 Å². The zero-order chi connectivity index (χ0) is 14.7. The molecular weight excluding hydrogens is 258 g/mol.